The van der Waals surface area contributed by atoms with Gasteiger partial charge in [0.15, 0.2) is 0 Å². The average molecular weight is 564 g/mol. The van der Waals surface area contributed by atoms with Crippen LogP contribution in [0.4, 0.5) is 10.1 Å². The Kier molecular flexibility index (Phi) is 7.78. The van der Waals surface area contributed by atoms with Crippen LogP contribution in [0.15, 0.2) is 101 Å². The quantitative estimate of drug-likeness (QED) is 0.241. The summed E-state index contributed by atoms with van der Waals surface area (Å²) in [4.78, 5) is 24.7. The fourth-order valence-electron chi connectivity index (χ4n) is 5.97. The van der Waals surface area contributed by atoms with Crippen molar-refractivity contribution in [1.29, 1.82) is 0 Å². The topological polar surface area (TPSA) is 36.4 Å². The second kappa shape index (κ2) is 11.6. The third-order valence-electron chi connectivity index (χ3n) is 8.29. The normalized spacial score (nSPS) is 16.4. The highest BCUT2D eigenvalue weighted by Gasteiger charge is 2.46. The van der Waals surface area contributed by atoms with Gasteiger partial charge in [0.2, 0.25) is 0 Å². The number of benzene rings is 3. The lowest BCUT2D eigenvalue weighted by Crippen LogP contribution is -2.46. The Balaban J connectivity index is 1.24. The molecule has 0 unspecified atom stereocenters. The van der Waals surface area contributed by atoms with E-state index >= 15 is 0 Å². The van der Waals surface area contributed by atoms with Gasteiger partial charge in [0, 0.05) is 51.4 Å². The number of pyridine rings is 1. The van der Waals surface area contributed by atoms with Gasteiger partial charge in [-0.2, -0.15) is 0 Å². The largest absolute Gasteiger partial charge is 0.307 e. The molecular formula is C35H34FN3OS. The monoisotopic (exact) mass is 563 g/mol. The molecule has 4 aromatic rings. The second-order valence-electron chi connectivity index (χ2n) is 11.2. The molecule has 2 aliphatic rings. The number of hydrogen-bond acceptors (Lipinski definition) is 4. The number of carbonyl (C=O) groups is 1. The molecular weight excluding hydrogens is 529 g/mol. The zero-order chi connectivity index (χ0) is 28.4. The Morgan fingerprint density at radius 2 is 1.68 bits per heavy atom. The summed E-state index contributed by atoms with van der Waals surface area (Å²) in [5.74, 6) is -0.209. The molecule has 4 nitrogen and oxygen atoms in total. The number of amides is 1. The molecule has 3 aromatic carbocycles. The first-order valence-electron chi connectivity index (χ1n) is 14.2. The van der Waals surface area contributed by atoms with Crippen LogP contribution in [-0.4, -0.2) is 42.0 Å². The van der Waals surface area contributed by atoms with Gasteiger partial charge in [0.25, 0.3) is 5.91 Å². The first-order valence-corrected chi connectivity index (χ1v) is 15.0. The molecule has 1 saturated heterocycles. The third-order valence-corrected chi connectivity index (χ3v) is 9.29. The van der Waals surface area contributed by atoms with Gasteiger partial charge >= 0.3 is 0 Å². The van der Waals surface area contributed by atoms with Gasteiger partial charge in [-0.05, 0) is 106 Å². The number of nitrogens with zero attached hydrogens (tertiary/aromatic N) is 3. The fourth-order valence-corrected chi connectivity index (χ4v) is 6.83. The zero-order valence-corrected chi connectivity index (χ0v) is 24.3. The number of anilines is 1. The molecule has 0 radical (unpaired) electrons. The predicted octanol–water partition coefficient (Wildman–Crippen LogP) is 7.70. The van der Waals surface area contributed by atoms with Crippen LogP contribution in [0.3, 0.4) is 0 Å². The molecule has 1 aromatic heterocycles. The Bertz CT molecular complexity index is 1570. The van der Waals surface area contributed by atoms with Crippen LogP contribution >= 0.6 is 11.8 Å². The molecule has 208 valence electrons. The SMILES string of the molecule is Cc1ccc(/C=C/CN2CCC3(CC2)CN(C(=O)c2ccnc(C)c2)c2ccc(Sc4ccc(F)cc4)cc23)cc1. The maximum Gasteiger partial charge on any atom is 0.258 e. The molecule has 0 atom stereocenters. The van der Waals surface area contributed by atoms with E-state index in [0.717, 1.165) is 53.6 Å². The molecule has 6 rings (SSSR count). The number of aromatic nitrogens is 1. The van der Waals surface area contributed by atoms with E-state index in [4.69, 9.17) is 0 Å². The first kappa shape index (κ1) is 27.4. The van der Waals surface area contributed by atoms with Crippen LogP contribution in [0.25, 0.3) is 6.08 Å². The second-order valence-corrected chi connectivity index (χ2v) is 12.4. The summed E-state index contributed by atoms with van der Waals surface area (Å²) in [7, 11) is 0. The van der Waals surface area contributed by atoms with E-state index in [1.807, 2.05) is 36.1 Å². The summed E-state index contributed by atoms with van der Waals surface area (Å²) in [6.07, 6.45) is 8.14. The van der Waals surface area contributed by atoms with Crippen LogP contribution in [0.1, 0.15) is 45.6 Å². The van der Waals surface area contributed by atoms with Crippen molar-refractivity contribution < 1.29 is 9.18 Å². The predicted molar refractivity (Wildman–Crippen MR) is 165 cm³/mol. The molecule has 1 fully saturated rings. The van der Waals surface area contributed by atoms with E-state index in [1.165, 1.54) is 28.8 Å². The van der Waals surface area contributed by atoms with Gasteiger partial charge in [-0.1, -0.05) is 53.7 Å². The standard InChI is InChI=1S/C35H34FN3OS/c1-25-5-7-27(8-6-25)4-3-19-38-20-16-35(17-21-38)24-39(34(40)28-15-18-37-26(2)22-28)33-14-13-31(23-32(33)35)41-30-11-9-29(36)10-12-30/h3-15,18,22-23H,16-17,19-21,24H2,1-2H3/b4-3+. The number of hydrogen-bond donors (Lipinski definition) is 0. The maximum absolute atomic E-state index is 13.8. The summed E-state index contributed by atoms with van der Waals surface area (Å²) in [5.41, 5.74) is 6.15. The minimum absolute atomic E-state index is 0.0241. The third kappa shape index (κ3) is 5.99. The van der Waals surface area contributed by atoms with Crippen LogP contribution in [0.5, 0.6) is 0 Å². The molecule has 6 heteroatoms. The van der Waals surface area contributed by atoms with Crippen molar-refractivity contribution in [1.82, 2.24) is 9.88 Å². The fraction of sp³-hybridized carbons (Fsp3) is 0.257. The molecule has 1 amide bonds. The number of piperidine rings is 1. The van der Waals surface area contributed by atoms with Crippen molar-refractivity contribution in [3.63, 3.8) is 0 Å². The van der Waals surface area contributed by atoms with Crippen molar-refractivity contribution in [2.45, 2.75) is 41.9 Å². The van der Waals surface area contributed by atoms with E-state index in [0.29, 0.717) is 12.1 Å². The minimum Gasteiger partial charge on any atom is -0.307 e. The number of carbonyl (C=O) groups excluding carboxylic acids is 1. The summed E-state index contributed by atoms with van der Waals surface area (Å²) >= 11 is 1.63. The van der Waals surface area contributed by atoms with Gasteiger partial charge < -0.3 is 4.90 Å². The summed E-state index contributed by atoms with van der Waals surface area (Å²) in [6.45, 7) is 7.57. The van der Waals surface area contributed by atoms with Crippen molar-refractivity contribution in [3.8, 4) is 0 Å². The average Bonchev–Trinajstić information content (AvgIpc) is 3.29. The highest BCUT2D eigenvalue weighted by atomic mass is 32.2. The lowest BCUT2D eigenvalue weighted by Gasteiger charge is -2.39. The number of halogens is 1. The Morgan fingerprint density at radius 3 is 2.41 bits per heavy atom. The number of aryl methyl sites for hydroxylation is 2. The van der Waals surface area contributed by atoms with Crippen molar-refractivity contribution >= 4 is 29.4 Å². The molecule has 41 heavy (non-hydrogen) atoms. The van der Waals surface area contributed by atoms with Crippen LogP contribution in [-0.2, 0) is 5.41 Å². The van der Waals surface area contributed by atoms with Crippen LogP contribution < -0.4 is 4.90 Å². The van der Waals surface area contributed by atoms with Crippen molar-refractivity contribution in [3.05, 3.63) is 125 Å². The highest BCUT2D eigenvalue weighted by Crippen LogP contribution is 2.49. The van der Waals surface area contributed by atoms with E-state index < -0.39 is 0 Å². The molecule has 3 heterocycles. The smallest absolute Gasteiger partial charge is 0.258 e. The highest BCUT2D eigenvalue weighted by molar-refractivity contribution is 7.99. The molecule has 0 bridgehead atoms. The maximum atomic E-state index is 13.8. The number of likely N-dealkylation sites (tertiary alicyclic amines) is 1. The molecule has 1 spiro atoms. The number of fused-ring (bicyclic) bond motifs is 2. The van der Waals surface area contributed by atoms with Gasteiger partial charge in [-0.3, -0.25) is 14.7 Å². The Hall–Kier alpha value is -3.74. The van der Waals surface area contributed by atoms with Crippen LogP contribution in [0.2, 0.25) is 0 Å². The molecule has 0 aliphatic carbocycles. The Morgan fingerprint density at radius 1 is 0.951 bits per heavy atom. The zero-order valence-electron chi connectivity index (χ0n) is 23.5. The summed E-state index contributed by atoms with van der Waals surface area (Å²) in [6, 6.07) is 25.3. The van der Waals surface area contributed by atoms with Gasteiger partial charge in [-0.25, -0.2) is 4.39 Å². The first-order chi connectivity index (χ1) is 19.9. The van der Waals surface area contributed by atoms with E-state index in [-0.39, 0.29) is 17.1 Å². The summed E-state index contributed by atoms with van der Waals surface area (Å²) in [5, 5.41) is 0. The van der Waals surface area contributed by atoms with Crippen LogP contribution in [0, 0.1) is 19.7 Å². The molecule has 2 aliphatic heterocycles. The van der Waals surface area contributed by atoms with Crippen molar-refractivity contribution in [2.24, 2.45) is 0 Å². The molecule has 0 saturated carbocycles. The van der Waals surface area contributed by atoms with Gasteiger partial charge in [0.1, 0.15) is 5.82 Å². The van der Waals surface area contributed by atoms with Gasteiger partial charge in [0.05, 0.1) is 0 Å². The lowest BCUT2D eigenvalue weighted by atomic mass is 9.74. The number of rotatable bonds is 6. The van der Waals surface area contributed by atoms with E-state index in [2.05, 4.69) is 71.4 Å². The van der Waals surface area contributed by atoms with E-state index in [9.17, 15) is 9.18 Å². The minimum atomic E-state index is -0.233. The van der Waals surface area contributed by atoms with Crippen molar-refractivity contribution in [2.75, 3.05) is 31.1 Å². The van der Waals surface area contributed by atoms with E-state index in [1.54, 1.807) is 18.0 Å². The lowest BCUT2D eigenvalue weighted by molar-refractivity contribution is 0.0977. The summed E-state index contributed by atoms with van der Waals surface area (Å²) < 4.78 is 13.5. The Labute approximate surface area is 245 Å². The molecule has 0 N–H and O–H groups in total. The van der Waals surface area contributed by atoms with Gasteiger partial charge in [-0.15, -0.1) is 0 Å².